The first-order valence-corrected chi connectivity index (χ1v) is 9.06. The molecule has 1 spiro atoms. The van der Waals surface area contributed by atoms with Crippen LogP contribution in [0.25, 0.3) is 0 Å². The molecule has 1 saturated carbocycles. The molecule has 0 aromatic carbocycles. The summed E-state index contributed by atoms with van der Waals surface area (Å²) in [7, 11) is -4.04. The zero-order valence-electron chi connectivity index (χ0n) is 12.8. The lowest BCUT2D eigenvalue weighted by atomic mass is 9.77. The molecule has 1 atom stereocenters. The van der Waals surface area contributed by atoms with Crippen molar-refractivity contribution in [3.8, 4) is 0 Å². The number of hydrogen-bond acceptors (Lipinski definition) is 6. The molecule has 2 heterocycles. The van der Waals surface area contributed by atoms with Crippen molar-refractivity contribution in [1.29, 1.82) is 0 Å². The first kappa shape index (κ1) is 16.1. The second kappa shape index (κ2) is 5.72. The molecular weight excluding hydrogens is 322 g/mol. The number of nitrogens with zero attached hydrogens (tertiary/aromatic N) is 3. The maximum atomic E-state index is 12.1. The molecule has 1 saturated heterocycles. The Kier molecular flexibility index (Phi) is 4.01. The van der Waals surface area contributed by atoms with Crippen LogP contribution in [-0.4, -0.2) is 46.7 Å². The van der Waals surface area contributed by atoms with E-state index in [4.69, 9.17) is 4.74 Å². The summed E-state index contributed by atoms with van der Waals surface area (Å²) in [4.78, 5) is 13.6. The molecule has 1 aromatic heterocycles. The average molecular weight is 341 g/mol. The summed E-state index contributed by atoms with van der Waals surface area (Å²) < 4.78 is 37.3. The molecule has 1 N–H and O–H groups in total. The monoisotopic (exact) mass is 341 g/mol. The number of ether oxygens (including phenoxy) is 1. The quantitative estimate of drug-likeness (QED) is 0.832. The van der Waals surface area contributed by atoms with Crippen molar-refractivity contribution >= 4 is 22.0 Å². The Morgan fingerprint density at radius 1 is 1.43 bits per heavy atom. The Labute approximate surface area is 134 Å². The topological polar surface area (TPSA) is 110 Å². The fourth-order valence-electron chi connectivity index (χ4n) is 3.38. The fourth-order valence-corrected chi connectivity index (χ4v) is 4.13. The van der Waals surface area contributed by atoms with E-state index in [0.29, 0.717) is 38.0 Å². The molecule has 2 fully saturated rings. The van der Waals surface area contributed by atoms with Gasteiger partial charge in [-0.1, -0.05) is 0 Å². The van der Waals surface area contributed by atoms with Gasteiger partial charge in [-0.05, 0) is 50.7 Å². The molecule has 2 aliphatic rings. The molecule has 1 aromatic rings. The van der Waals surface area contributed by atoms with Gasteiger partial charge in [-0.3, -0.25) is 9.45 Å². The Balaban J connectivity index is 1.69. The Morgan fingerprint density at radius 2 is 2.13 bits per heavy atom. The summed E-state index contributed by atoms with van der Waals surface area (Å²) in [5.74, 6) is 0.322. The van der Waals surface area contributed by atoms with Gasteiger partial charge in [0.05, 0.1) is 11.8 Å². The van der Waals surface area contributed by atoms with Gasteiger partial charge in [0, 0.05) is 6.20 Å². The molecule has 1 aliphatic heterocycles. The van der Waals surface area contributed by atoms with E-state index in [-0.39, 0.29) is 5.92 Å². The summed E-state index contributed by atoms with van der Waals surface area (Å²) in [5.41, 5.74) is -0.607. The Morgan fingerprint density at radius 3 is 2.70 bits per heavy atom. The van der Waals surface area contributed by atoms with Crippen molar-refractivity contribution in [1.82, 2.24) is 10.2 Å². The maximum Gasteiger partial charge on any atom is 0.416 e. The lowest BCUT2D eigenvalue weighted by molar-refractivity contribution is 0.0130. The number of amides is 1. The molecule has 1 amide bonds. The minimum absolute atomic E-state index is 0.125. The number of hydrogen-bond donors (Lipinski definition) is 1. The van der Waals surface area contributed by atoms with E-state index in [9.17, 15) is 17.8 Å². The van der Waals surface area contributed by atoms with Crippen molar-refractivity contribution in [2.75, 3.05) is 11.4 Å². The van der Waals surface area contributed by atoms with Gasteiger partial charge < -0.3 is 4.74 Å². The van der Waals surface area contributed by atoms with E-state index in [1.165, 1.54) is 18.0 Å². The van der Waals surface area contributed by atoms with Crippen LogP contribution >= 0.6 is 0 Å². The van der Waals surface area contributed by atoms with E-state index in [1.807, 2.05) is 0 Å². The van der Waals surface area contributed by atoms with Crippen LogP contribution < -0.4 is 4.90 Å². The average Bonchev–Trinajstić information content (AvgIpc) is 2.84. The molecule has 0 radical (unpaired) electrons. The van der Waals surface area contributed by atoms with Crippen molar-refractivity contribution in [3.05, 3.63) is 18.3 Å². The lowest BCUT2D eigenvalue weighted by Gasteiger charge is -2.36. The van der Waals surface area contributed by atoms with E-state index < -0.39 is 27.1 Å². The number of carbonyl (C=O) groups is 1. The van der Waals surface area contributed by atoms with Gasteiger partial charge in [-0.25, -0.2) is 4.79 Å². The van der Waals surface area contributed by atoms with Gasteiger partial charge in [0.2, 0.25) is 0 Å². The van der Waals surface area contributed by atoms with E-state index >= 15 is 0 Å². The van der Waals surface area contributed by atoms with Crippen LogP contribution in [-0.2, 0) is 14.9 Å². The molecule has 23 heavy (non-hydrogen) atoms. The molecule has 9 heteroatoms. The van der Waals surface area contributed by atoms with Gasteiger partial charge in [0.25, 0.3) is 10.1 Å². The summed E-state index contributed by atoms with van der Waals surface area (Å²) in [6, 6.07) is 3.39. The number of carbonyl (C=O) groups excluding carboxylic acids is 1. The minimum atomic E-state index is -4.04. The Bertz CT molecular complexity index is 686. The second-order valence-corrected chi connectivity index (χ2v) is 8.05. The van der Waals surface area contributed by atoms with E-state index in [0.717, 1.165) is 0 Å². The van der Waals surface area contributed by atoms with Crippen molar-refractivity contribution in [3.63, 3.8) is 0 Å². The minimum Gasteiger partial charge on any atom is -0.441 e. The van der Waals surface area contributed by atoms with Gasteiger partial charge in [-0.15, -0.1) is 5.10 Å². The number of aromatic nitrogens is 2. The van der Waals surface area contributed by atoms with Gasteiger partial charge in [0.1, 0.15) is 5.60 Å². The van der Waals surface area contributed by atoms with E-state index in [2.05, 4.69) is 10.2 Å². The first-order valence-electron chi connectivity index (χ1n) is 7.55. The van der Waals surface area contributed by atoms with Crippen LogP contribution in [0.1, 0.15) is 32.6 Å². The second-order valence-electron chi connectivity index (χ2n) is 6.28. The number of anilines is 1. The van der Waals surface area contributed by atoms with Crippen molar-refractivity contribution < 1.29 is 22.5 Å². The highest BCUT2D eigenvalue weighted by atomic mass is 32.2. The summed E-state index contributed by atoms with van der Waals surface area (Å²) in [6.45, 7) is 1.90. The molecule has 3 rings (SSSR count). The maximum absolute atomic E-state index is 12.1. The molecule has 1 unspecified atom stereocenters. The smallest absolute Gasteiger partial charge is 0.416 e. The van der Waals surface area contributed by atoms with Crippen LogP contribution in [0.5, 0.6) is 0 Å². The van der Waals surface area contributed by atoms with Gasteiger partial charge in [0.15, 0.2) is 5.82 Å². The summed E-state index contributed by atoms with van der Waals surface area (Å²) in [5, 5.41) is 6.89. The third kappa shape index (κ3) is 3.16. The van der Waals surface area contributed by atoms with Crippen LogP contribution in [0.4, 0.5) is 10.6 Å². The van der Waals surface area contributed by atoms with Crippen LogP contribution in [0.2, 0.25) is 0 Å². The van der Waals surface area contributed by atoms with Gasteiger partial charge in [-0.2, -0.15) is 13.5 Å². The highest BCUT2D eigenvalue weighted by Gasteiger charge is 2.49. The summed E-state index contributed by atoms with van der Waals surface area (Å²) >= 11 is 0. The molecule has 0 bridgehead atoms. The molecular formula is C14H19N3O5S. The third-order valence-corrected chi connectivity index (χ3v) is 6.20. The van der Waals surface area contributed by atoms with Crippen molar-refractivity contribution in [2.45, 2.75) is 43.5 Å². The SMILES string of the molecule is CC(C1CCC2(CC1)CN(c1cccnn1)C(=O)O2)S(=O)(=O)O. The molecule has 8 nitrogen and oxygen atoms in total. The standard InChI is InChI=1S/C14H19N3O5S/c1-10(23(19,20)21)11-4-6-14(7-5-11)9-17(13(18)22-14)12-3-2-8-15-16-12/h2-3,8,10-11H,4-7,9H2,1H3,(H,19,20,21). The number of rotatable bonds is 3. The van der Waals surface area contributed by atoms with Crippen molar-refractivity contribution in [2.24, 2.45) is 5.92 Å². The highest BCUT2D eigenvalue weighted by molar-refractivity contribution is 7.86. The van der Waals surface area contributed by atoms with Crippen LogP contribution in [0, 0.1) is 5.92 Å². The third-order valence-electron chi connectivity index (χ3n) is 4.88. The zero-order chi connectivity index (χ0) is 16.7. The van der Waals surface area contributed by atoms with E-state index in [1.54, 1.807) is 12.1 Å². The summed E-state index contributed by atoms with van der Waals surface area (Å²) in [6.07, 6.45) is 3.39. The fraction of sp³-hybridized carbons (Fsp3) is 0.643. The molecule has 126 valence electrons. The lowest BCUT2D eigenvalue weighted by Crippen LogP contribution is -2.41. The predicted molar refractivity (Wildman–Crippen MR) is 81.6 cm³/mol. The molecule has 1 aliphatic carbocycles. The zero-order valence-corrected chi connectivity index (χ0v) is 13.6. The van der Waals surface area contributed by atoms with Crippen LogP contribution in [0.3, 0.4) is 0 Å². The largest absolute Gasteiger partial charge is 0.441 e. The Hall–Kier alpha value is -1.74. The van der Waals surface area contributed by atoms with Gasteiger partial charge >= 0.3 is 6.09 Å². The van der Waals surface area contributed by atoms with Crippen LogP contribution in [0.15, 0.2) is 18.3 Å². The first-order chi connectivity index (χ1) is 10.8. The normalized spacial score (nSPS) is 29.6. The highest BCUT2D eigenvalue weighted by Crippen LogP contribution is 2.42. The predicted octanol–water partition coefficient (Wildman–Crippen LogP) is 1.64.